The fraction of sp³-hybridized carbons (Fsp3) is 0.208. The standard InChI is InChI=1S/C24H26N4O/c1-28-24(27)19-12-8-17(9-13-19)15-21-5-3-2-4-20(22(21)29)14-16-6-10-18(11-7-16)23(25)26/h6-15H,2-5H2,1H3,(H3,25,26)(H2,27,28)/b20-14+,21-15+. The molecule has 5 nitrogen and oxygen atoms in total. The number of aliphatic imine (C=N–C) groups is 1. The molecule has 0 bridgehead atoms. The monoisotopic (exact) mass is 386 g/mol. The number of carbonyl (C=O) groups excluding carboxylic acids is 1. The van der Waals surface area contributed by atoms with Crippen LogP contribution >= 0.6 is 0 Å². The van der Waals surface area contributed by atoms with Gasteiger partial charge < -0.3 is 11.5 Å². The van der Waals surface area contributed by atoms with Crippen LogP contribution in [0.5, 0.6) is 0 Å². The number of nitrogens with two attached hydrogens (primary N) is 2. The summed E-state index contributed by atoms with van der Waals surface area (Å²) in [4.78, 5) is 17.1. The summed E-state index contributed by atoms with van der Waals surface area (Å²) >= 11 is 0. The summed E-state index contributed by atoms with van der Waals surface area (Å²) in [5.41, 5.74) is 16.5. The number of ketones is 1. The molecular weight excluding hydrogens is 360 g/mol. The lowest BCUT2D eigenvalue weighted by molar-refractivity contribution is -0.112. The van der Waals surface area contributed by atoms with Crippen molar-refractivity contribution in [2.45, 2.75) is 25.7 Å². The molecule has 0 unspecified atom stereocenters. The molecule has 5 heteroatoms. The van der Waals surface area contributed by atoms with E-state index in [1.807, 2.05) is 48.6 Å². The van der Waals surface area contributed by atoms with E-state index in [0.29, 0.717) is 11.4 Å². The maximum absolute atomic E-state index is 13.1. The van der Waals surface area contributed by atoms with Gasteiger partial charge in [0.25, 0.3) is 0 Å². The molecule has 2 aromatic rings. The number of hydrogen-bond donors (Lipinski definition) is 3. The molecule has 0 aromatic heterocycles. The number of nitrogen functional groups attached to an aromatic ring is 1. The summed E-state index contributed by atoms with van der Waals surface area (Å²) in [6.07, 6.45) is 7.46. The smallest absolute Gasteiger partial charge is 0.185 e. The largest absolute Gasteiger partial charge is 0.384 e. The summed E-state index contributed by atoms with van der Waals surface area (Å²) in [5.74, 6) is 0.644. The maximum Gasteiger partial charge on any atom is 0.185 e. The number of Topliss-reactive ketones (excluding diaryl/α,β-unsaturated/α-hetero) is 1. The predicted octanol–water partition coefficient (Wildman–Crippen LogP) is 3.92. The summed E-state index contributed by atoms with van der Waals surface area (Å²) in [6.45, 7) is 0. The lowest BCUT2D eigenvalue weighted by Gasteiger charge is -2.07. The summed E-state index contributed by atoms with van der Waals surface area (Å²) < 4.78 is 0. The Morgan fingerprint density at radius 2 is 1.31 bits per heavy atom. The zero-order chi connectivity index (χ0) is 20.8. The van der Waals surface area contributed by atoms with Crippen molar-refractivity contribution in [3.63, 3.8) is 0 Å². The molecule has 2 aromatic carbocycles. The van der Waals surface area contributed by atoms with Crippen LogP contribution < -0.4 is 11.5 Å². The lowest BCUT2D eigenvalue weighted by atomic mass is 9.97. The van der Waals surface area contributed by atoms with Crippen molar-refractivity contribution in [1.29, 1.82) is 5.41 Å². The second-order valence-corrected chi connectivity index (χ2v) is 7.14. The number of amidine groups is 2. The molecule has 1 aliphatic rings. The van der Waals surface area contributed by atoms with Crippen LogP contribution in [-0.2, 0) is 4.79 Å². The summed E-state index contributed by atoms with van der Waals surface area (Å²) in [5, 5.41) is 7.49. The van der Waals surface area contributed by atoms with E-state index in [1.165, 1.54) is 0 Å². The first-order chi connectivity index (χ1) is 14.0. The van der Waals surface area contributed by atoms with Gasteiger partial charge in [0.05, 0.1) is 0 Å². The van der Waals surface area contributed by atoms with Crippen LogP contribution in [0.2, 0.25) is 0 Å². The molecular formula is C24H26N4O. The Kier molecular flexibility index (Phi) is 6.39. The van der Waals surface area contributed by atoms with Crippen molar-refractivity contribution in [2.24, 2.45) is 16.5 Å². The number of hydrogen-bond acceptors (Lipinski definition) is 3. The van der Waals surface area contributed by atoms with E-state index < -0.39 is 0 Å². The molecule has 0 atom stereocenters. The highest BCUT2D eigenvalue weighted by atomic mass is 16.1. The van der Waals surface area contributed by atoms with Gasteiger partial charge in [-0.2, -0.15) is 0 Å². The van der Waals surface area contributed by atoms with E-state index in [-0.39, 0.29) is 11.6 Å². The maximum atomic E-state index is 13.1. The summed E-state index contributed by atoms with van der Waals surface area (Å²) in [7, 11) is 1.66. The van der Waals surface area contributed by atoms with Crippen molar-refractivity contribution >= 4 is 29.6 Å². The minimum absolute atomic E-state index is 0.0398. The van der Waals surface area contributed by atoms with Crippen LogP contribution in [-0.4, -0.2) is 24.5 Å². The SMILES string of the molecule is CN=C(N)c1ccc(/C=C2\CCCC/C(=C\c3ccc(C(=N)N)cc3)C2=O)cc1. The molecule has 1 saturated carbocycles. The molecule has 0 heterocycles. The Bertz CT molecular complexity index is 996. The van der Waals surface area contributed by atoms with E-state index in [1.54, 1.807) is 19.2 Å². The molecule has 1 fully saturated rings. The van der Waals surface area contributed by atoms with Crippen molar-refractivity contribution < 1.29 is 4.79 Å². The normalized spacial score (nSPS) is 18.1. The Morgan fingerprint density at radius 1 is 0.862 bits per heavy atom. The fourth-order valence-electron chi connectivity index (χ4n) is 3.38. The van der Waals surface area contributed by atoms with Crippen LogP contribution in [0.4, 0.5) is 0 Å². The Hall–Kier alpha value is -3.47. The number of benzene rings is 2. The lowest BCUT2D eigenvalue weighted by Crippen LogP contribution is -2.12. The van der Waals surface area contributed by atoms with Crippen LogP contribution in [0, 0.1) is 5.41 Å². The molecule has 0 saturated heterocycles. The highest BCUT2D eigenvalue weighted by Crippen LogP contribution is 2.27. The van der Waals surface area contributed by atoms with Gasteiger partial charge in [-0.1, -0.05) is 48.5 Å². The van der Waals surface area contributed by atoms with Crippen molar-refractivity contribution in [2.75, 3.05) is 7.05 Å². The van der Waals surface area contributed by atoms with Crippen molar-refractivity contribution in [3.8, 4) is 0 Å². The number of allylic oxidation sites excluding steroid dienone is 2. The molecule has 3 rings (SSSR count). The third-order valence-corrected chi connectivity index (χ3v) is 5.08. The first kappa shape index (κ1) is 20.3. The van der Waals surface area contributed by atoms with Gasteiger partial charge in [0.2, 0.25) is 0 Å². The molecule has 0 radical (unpaired) electrons. The number of carbonyl (C=O) groups is 1. The zero-order valence-electron chi connectivity index (χ0n) is 16.6. The molecule has 1 aliphatic carbocycles. The molecule has 29 heavy (non-hydrogen) atoms. The van der Waals surface area contributed by atoms with Crippen molar-refractivity contribution in [1.82, 2.24) is 0 Å². The van der Waals surface area contributed by atoms with Crippen LogP contribution in [0.25, 0.3) is 12.2 Å². The van der Waals surface area contributed by atoms with Gasteiger partial charge in [-0.25, -0.2) is 0 Å². The first-order valence-corrected chi connectivity index (χ1v) is 9.71. The molecule has 5 N–H and O–H groups in total. The van der Waals surface area contributed by atoms with Crippen LogP contribution in [0.3, 0.4) is 0 Å². The van der Waals surface area contributed by atoms with Gasteiger partial charge >= 0.3 is 0 Å². The Morgan fingerprint density at radius 3 is 1.72 bits per heavy atom. The number of rotatable bonds is 4. The Balaban J connectivity index is 1.86. The zero-order valence-corrected chi connectivity index (χ0v) is 16.6. The molecule has 0 amide bonds. The van der Waals surface area contributed by atoms with Crippen LogP contribution in [0.1, 0.15) is 47.9 Å². The van der Waals surface area contributed by atoms with E-state index in [0.717, 1.165) is 53.5 Å². The number of nitrogens with zero attached hydrogens (tertiary/aromatic N) is 1. The topological polar surface area (TPSA) is 105 Å². The minimum Gasteiger partial charge on any atom is -0.384 e. The first-order valence-electron chi connectivity index (χ1n) is 9.71. The highest BCUT2D eigenvalue weighted by Gasteiger charge is 2.19. The third kappa shape index (κ3) is 5.08. The Labute approximate surface area is 171 Å². The average Bonchev–Trinajstić information content (AvgIpc) is 2.90. The van der Waals surface area contributed by atoms with E-state index in [9.17, 15) is 4.79 Å². The quantitative estimate of drug-likeness (QED) is 0.321. The van der Waals surface area contributed by atoms with E-state index in [2.05, 4.69) is 4.99 Å². The average molecular weight is 386 g/mol. The van der Waals surface area contributed by atoms with E-state index in [4.69, 9.17) is 16.9 Å². The second kappa shape index (κ2) is 9.15. The van der Waals surface area contributed by atoms with Gasteiger partial charge in [-0.05, 0) is 49.0 Å². The predicted molar refractivity (Wildman–Crippen MR) is 120 cm³/mol. The van der Waals surface area contributed by atoms with Gasteiger partial charge in [0.15, 0.2) is 5.78 Å². The van der Waals surface area contributed by atoms with Gasteiger partial charge in [-0.15, -0.1) is 0 Å². The second-order valence-electron chi connectivity index (χ2n) is 7.14. The van der Waals surface area contributed by atoms with E-state index >= 15 is 0 Å². The molecule has 0 aliphatic heterocycles. The van der Waals surface area contributed by atoms with Gasteiger partial charge in [-0.3, -0.25) is 15.2 Å². The minimum atomic E-state index is 0.0398. The molecule has 0 spiro atoms. The number of nitrogens with one attached hydrogen (secondary N) is 1. The van der Waals surface area contributed by atoms with Crippen molar-refractivity contribution in [3.05, 3.63) is 81.9 Å². The third-order valence-electron chi connectivity index (χ3n) is 5.08. The highest BCUT2D eigenvalue weighted by molar-refractivity contribution is 6.13. The van der Waals surface area contributed by atoms with Gasteiger partial charge in [0, 0.05) is 29.3 Å². The summed E-state index contributed by atoms with van der Waals surface area (Å²) in [6, 6.07) is 15.2. The van der Waals surface area contributed by atoms with Gasteiger partial charge in [0.1, 0.15) is 11.7 Å². The molecule has 148 valence electrons. The fourth-order valence-corrected chi connectivity index (χ4v) is 3.38. The van der Waals surface area contributed by atoms with Crippen LogP contribution in [0.15, 0.2) is 64.7 Å².